The summed E-state index contributed by atoms with van der Waals surface area (Å²) in [7, 11) is 0. The number of pyridine rings is 1. The number of anilines is 1. The Hall–Kier alpha value is -2.24. The minimum Gasteiger partial charge on any atom is -0.372 e. The summed E-state index contributed by atoms with van der Waals surface area (Å²) in [6, 6.07) is 8.65. The molecule has 0 aliphatic carbocycles. The third-order valence-corrected chi connectivity index (χ3v) is 3.40. The molecule has 1 aromatic heterocycles. The predicted octanol–water partition coefficient (Wildman–Crippen LogP) is 4.06. The van der Waals surface area contributed by atoms with Gasteiger partial charge < -0.3 is 16.4 Å². The van der Waals surface area contributed by atoms with E-state index < -0.39 is 5.91 Å². The second kappa shape index (κ2) is 10.5. The van der Waals surface area contributed by atoms with Crippen molar-refractivity contribution in [3.8, 4) is 0 Å². The average molecular weight is 367 g/mol. The molecule has 0 spiro atoms. The van der Waals surface area contributed by atoms with E-state index in [0.29, 0.717) is 27.1 Å². The number of hydrogen-bond acceptors (Lipinski definition) is 4. The molecule has 0 radical (unpaired) electrons. The first-order valence-electron chi connectivity index (χ1n) is 7.29. The Morgan fingerprint density at radius 2 is 1.92 bits per heavy atom. The van der Waals surface area contributed by atoms with Crippen molar-refractivity contribution >= 4 is 34.8 Å². The summed E-state index contributed by atoms with van der Waals surface area (Å²) in [5.41, 5.74) is 6.07. The first kappa shape index (κ1) is 19.8. The van der Waals surface area contributed by atoms with E-state index in [1.165, 1.54) is 6.20 Å². The van der Waals surface area contributed by atoms with Gasteiger partial charge in [0, 0.05) is 18.9 Å². The number of rotatable bonds is 6. The molecule has 24 heavy (non-hydrogen) atoms. The topological polar surface area (TPSA) is 80.0 Å². The maximum atomic E-state index is 10.4. The van der Waals surface area contributed by atoms with E-state index in [9.17, 15) is 4.79 Å². The molecule has 0 aliphatic rings. The number of carbonyl (C=O) groups is 1. The third kappa shape index (κ3) is 6.89. The Morgan fingerprint density at radius 3 is 2.38 bits per heavy atom. The van der Waals surface area contributed by atoms with Gasteiger partial charge >= 0.3 is 0 Å². The summed E-state index contributed by atoms with van der Waals surface area (Å²) < 4.78 is 0. The maximum Gasteiger partial charge on any atom is 0.250 e. The van der Waals surface area contributed by atoms with Gasteiger partial charge in [0.2, 0.25) is 5.91 Å². The molecule has 2 aromatic rings. The second-order valence-electron chi connectivity index (χ2n) is 4.73. The highest BCUT2D eigenvalue weighted by atomic mass is 35.5. The number of amides is 1. The highest BCUT2D eigenvalue weighted by Gasteiger charge is 2.05. The van der Waals surface area contributed by atoms with Gasteiger partial charge in [0.1, 0.15) is 0 Å². The molecular weight excluding hydrogens is 347 g/mol. The fourth-order valence-corrected chi connectivity index (χ4v) is 2.09. The van der Waals surface area contributed by atoms with Crippen molar-refractivity contribution in [1.82, 2.24) is 10.3 Å². The highest BCUT2D eigenvalue weighted by molar-refractivity contribution is 6.39. The number of hydrogen-bond donors (Lipinski definition) is 3. The summed E-state index contributed by atoms with van der Waals surface area (Å²) in [5, 5.41) is 7.33. The maximum absolute atomic E-state index is 10.4. The predicted molar refractivity (Wildman–Crippen MR) is 100 cm³/mol. The monoisotopic (exact) mass is 366 g/mol. The van der Waals surface area contributed by atoms with Crippen molar-refractivity contribution in [2.75, 3.05) is 11.9 Å². The molecule has 0 unspecified atom stereocenters. The Bertz CT molecular complexity index is 657. The van der Waals surface area contributed by atoms with Crippen LogP contribution in [-0.4, -0.2) is 17.4 Å². The van der Waals surface area contributed by atoms with Crippen LogP contribution < -0.4 is 16.4 Å². The summed E-state index contributed by atoms with van der Waals surface area (Å²) in [6.45, 7) is 6.79. The van der Waals surface area contributed by atoms with Gasteiger partial charge in [0.05, 0.1) is 27.1 Å². The smallest absolute Gasteiger partial charge is 0.250 e. The van der Waals surface area contributed by atoms with Crippen LogP contribution in [0, 0.1) is 0 Å². The highest BCUT2D eigenvalue weighted by Crippen LogP contribution is 2.30. The molecule has 1 aromatic carbocycles. The van der Waals surface area contributed by atoms with E-state index >= 15 is 0 Å². The lowest BCUT2D eigenvalue weighted by Crippen LogP contribution is -2.19. The minimum absolute atomic E-state index is 0.442. The number of para-hydroxylation sites is 1. The standard InChI is InChI=1S/C11H14Cl2N2.C6H6N2O/c1-3-7-14-8(2)15-11-9(12)5-4-6-10(11)13;7-6(9)5-2-1-3-8-4-5/h4-6,14-15H,2-3,7H2,1H3;1-4H,(H2,7,9). The molecule has 1 amide bonds. The first-order chi connectivity index (χ1) is 11.5. The molecule has 0 saturated carbocycles. The van der Waals surface area contributed by atoms with E-state index in [0.717, 1.165) is 13.0 Å². The molecule has 5 nitrogen and oxygen atoms in total. The molecular formula is C17H20Cl2N4O. The van der Waals surface area contributed by atoms with Crippen LogP contribution in [-0.2, 0) is 0 Å². The summed E-state index contributed by atoms with van der Waals surface area (Å²) in [6.07, 6.45) is 4.06. The number of aromatic nitrogens is 1. The summed E-state index contributed by atoms with van der Waals surface area (Å²) in [4.78, 5) is 14.1. The van der Waals surface area contributed by atoms with Gasteiger partial charge in [-0.15, -0.1) is 0 Å². The number of carbonyl (C=O) groups excluding carboxylic acids is 1. The van der Waals surface area contributed by atoms with E-state index in [4.69, 9.17) is 28.9 Å². The minimum atomic E-state index is -0.442. The first-order valence-corrected chi connectivity index (χ1v) is 8.05. The van der Waals surface area contributed by atoms with Crippen molar-refractivity contribution in [2.45, 2.75) is 13.3 Å². The van der Waals surface area contributed by atoms with Crippen LogP contribution in [0.5, 0.6) is 0 Å². The van der Waals surface area contributed by atoms with Crippen LogP contribution in [0.3, 0.4) is 0 Å². The summed E-state index contributed by atoms with van der Waals surface area (Å²) >= 11 is 12.0. The van der Waals surface area contributed by atoms with Crippen LogP contribution in [0.1, 0.15) is 23.7 Å². The molecule has 0 bridgehead atoms. The zero-order valence-corrected chi connectivity index (χ0v) is 14.9. The van der Waals surface area contributed by atoms with Crippen LogP contribution in [0.25, 0.3) is 0 Å². The van der Waals surface area contributed by atoms with Gasteiger partial charge in [-0.05, 0) is 30.7 Å². The second-order valence-corrected chi connectivity index (χ2v) is 5.55. The Labute approximate surface area is 151 Å². The molecule has 0 saturated heterocycles. The number of primary amides is 1. The normalized spacial score (nSPS) is 9.46. The third-order valence-electron chi connectivity index (χ3n) is 2.77. The van der Waals surface area contributed by atoms with E-state index in [1.54, 1.807) is 36.5 Å². The molecule has 2 rings (SSSR count). The van der Waals surface area contributed by atoms with Gasteiger partial charge in [-0.2, -0.15) is 0 Å². The van der Waals surface area contributed by atoms with E-state index in [2.05, 4.69) is 29.1 Å². The van der Waals surface area contributed by atoms with Crippen LogP contribution in [0.2, 0.25) is 10.0 Å². The van der Waals surface area contributed by atoms with Gasteiger partial charge in [0.15, 0.2) is 0 Å². The van der Waals surface area contributed by atoms with Crippen molar-refractivity contribution in [1.29, 1.82) is 0 Å². The Kier molecular flexibility index (Phi) is 8.68. The average Bonchev–Trinajstić information content (AvgIpc) is 2.58. The fraction of sp³-hybridized carbons (Fsp3) is 0.176. The van der Waals surface area contributed by atoms with Crippen molar-refractivity contribution in [2.24, 2.45) is 5.73 Å². The zero-order chi connectivity index (χ0) is 17.9. The van der Waals surface area contributed by atoms with E-state index in [-0.39, 0.29) is 0 Å². The van der Waals surface area contributed by atoms with Gasteiger partial charge in [-0.25, -0.2) is 0 Å². The Balaban J connectivity index is 0.000000272. The molecule has 7 heteroatoms. The largest absolute Gasteiger partial charge is 0.372 e. The molecule has 1 heterocycles. The van der Waals surface area contributed by atoms with Crippen LogP contribution in [0.15, 0.2) is 55.1 Å². The Morgan fingerprint density at radius 1 is 1.25 bits per heavy atom. The zero-order valence-electron chi connectivity index (χ0n) is 13.4. The van der Waals surface area contributed by atoms with Gasteiger partial charge in [-0.1, -0.05) is 42.8 Å². The van der Waals surface area contributed by atoms with Crippen molar-refractivity contribution in [3.05, 3.63) is 70.7 Å². The SMILES string of the molecule is C=C(NCCC)Nc1c(Cl)cccc1Cl.NC(=O)c1cccnc1. The van der Waals surface area contributed by atoms with Crippen LogP contribution in [0.4, 0.5) is 5.69 Å². The quantitative estimate of drug-likeness (QED) is 0.719. The number of halogens is 2. The van der Waals surface area contributed by atoms with Gasteiger partial charge in [0.25, 0.3) is 0 Å². The number of nitrogens with zero attached hydrogens (tertiary/aromatic N) is 1. The number of nitrogens with two attached hydrogens (primary N) is 1. The number of nitrogens with one attached hydrogen (secondary N) is 2. The van der Waals surface area contributed by atoms with Crippen molar-refractivity contribution < 1.29 is 4.79 Å². The lowest BCUT2D eigenvalue weighted by molar-refractivity contribution is 0.1000. The molecule has 0 fully saturated rings. The molecule has 4 N–H and O–H groups in total. The number of benzene rings is 1. The fourth-order valence-electron chi connectivity index (χ4n) is 1.60. The molecule has 128 valence electrons. The van der Waals surface area contributed by atoms with Crippen molar-refractivity contribution in [3.63, 3.8) is 0 Å². The lowest BCUT2D eigenvalue weighted by Gasteiger charge is -2.13. The summed E-state index contributed by atoms with van der Waals surface area (Å²) in [5.74, 6) is 0.259. The van der Waals surface area contributed by atoms with Crippen LogP contribution >= 0.6 is 23.2 Å². The molecule has 0 aliphatic heterocycles. The van der Waals surface area contributed by atoms with E-state index in [1.807, 2.05) is 0 Å². The lowest BCUT2D eigenvalue weighted by atomic mass is 10.3. The molecule has 0 atom stereocenters. The van der Waals surface area contributed by atoms with Gasteiger partial charge in [-0.3, -0.25) is 9.78 Å².